The number of hydrogen-bond acceptors (Lipinski definition) is 4. The second-order valence-corrected chi connectivity index (χ2v) is 5.77. The molecule has 19 heavy (non-hydrogen) atoms. The maximum atomic E-state index is 6.20. The van der Waals surface area contributed by atoms with Gasteiger partial charge in [-0.1, -0.05) is 11.6 Å². The van der Waals surface area contributed by atoms with Crippen molar-refractivity contribution >= 4 is 11.6 Å². The molecule has 0 bridgehead atoms. The third-order valence-corrected chi connectivity index (χ3v) is 4.17. The number of ether oxygens (including phenoxy) is 2. The van der Waals surface area contributed by atoms with Gasteiger partial charge >= 0.3 is 0 Å². The fourth-order valence-electron chi connectivity index (χ4n) is 2.73. The van der Waals surface area contributed by atoms with Gasteiger partial charge in [-0.25, -0.2) is 0 Å². The monoisotopic (exact) mass is 282 g/mol. The van der Waals surface area contributed by atoms with E-state index in [9.17, 15) is 0 Å². The second-order valence-electron chi connectivity index (χ2n) is 5.37. The summed E-state index contributed by atoms with van der Waals surface area (Å²) in [5.74, 6) is 2.16. The molecule has 1 saturated carbocycles. The van der Waals surface area contributed by atoms with Crippen LogP contribution in [0.5, 0.6) is 11.5 Å². The van der Waals surface area contributed by atoms with Gasteiger partial charge in [0.1, 0.15) is 0 Å². The van der Waals surface area contributed by atoms with Crippen LogP contribution in [0.25, 0.3) is 0 Å². The predicted octanol–water partition coefficient (Wildman–Crippen LogP) is 2.24. The number of fused-ring (bicyclic) bond motifs is 1. The normalized spacial score (nSPS) is 18.9. The van der Waals surface area contributed by atoms with E-state index in [2.05, 4.69) is 11.9 Å². The van der Waals surface area contributed by atoms with Crippen molar-refractivity contribution in [1.29, 1.82) is 0 Å². The van der Waals surface area contributed by atoms with Crippen LogP contribution in [0, 0.1) is 5.92 Å². The van der Waals surface area contributed by atoms with Crippen molar-refractivity contribution in [3.05, 3.63) is 22.7 Å². The Morgan fingerprint density at radius 2 is 2.21 bits per heavy atom. The Balaban J connectivity index is 1.74. The molecule has 1 atom stereocenters. The molecule has 1 aromatic rings. The topological polar surface area (TPSA) is 47.7 Å². The van der Waals surface area contributed by atoms with E-state index in [1.807, 2.05) is 12.1 Å². The van der Waals surface area contributed by atoms with Crippen LogP contribution in [0.4, 0.5) is 0 Å². The van der Waals surface area contributed by atoms with Crippen molar-refractivity contribution < 1.29 is 9.47 Å². The van der Waals surface area contributed by atoms with Crippen LogP contribution in [-0.4, -0.2) is 31.3 Å². The molecule has 1 aliphatic carbocycles. The van der Waals surface area contributed by atoms with Crippen molar-refractivity contribution in [3.63, 3.8) is 0 Å². The largest absolute Gasteiger partial charge is 0.454 e. The van der Waals surface area contributed by atoms with Gasteiger partial charge in [-0.05, 0) is 43.5 Å². The van der Waals surface area contributed by atoms with Crippen LogP contribution in [0.3, 0.4) is 0 Å². The average Bonchev–Trinajstić information content (AvgIpc) is 3.07. The van der Waals surface area contributed by atoms with Crippen LogP contribution >= 0.6 is 11.6 Å². The Bertz CT molecular complexity index is 477. The Kier molecular flexibility index (Phi) is 3.56. The van der Waals surface area contributed by atoms with E-state index in [1.165, 1.54) is 12.8 Å². The highest BCUT2D eigenvalue weighted by Gasteiger charge is 2.33. The summed E-state index contributed by atoms with van der Waals surface area (Å²) in [6, 6.07) is 4.42. The van der Waals surface area contributed by atoms with Crippen molar-refractivity contribution in [2.45, 2.75) is 25.4 Å². The van der Waals surface area contributed by atoms with E-state index in [0.717, 1.165) is 23.8 Å². The molecular weight excluding hydrogens is 264 g/mol. The van der Waals surface area contributed by atoms with Gasteiger partial charge in [-0.15, -0.1) is 0 Å². The molecule has 0 saturated heterocycles. The molecule has 1 unspecified atom stereocenters. The smallest absolute Gasteiger partial charge is 0.231 e. The van der Waals surface area contributed by atoms with Gasteiger partial charge in [0.05, 0.1) is 5.02 Å². The maximum Gasteiger partial charge on any atom is 0.231 e. The molecule has 0 radical (unpaired) electrons. The Hall–Kier alpha value is -0.970. The fourth-order valence-corrected chi connectivity index (χ4v) is 3.02. The molecule has 4 nitrogen and oxygen atoms in total. The third-order valence-electron chi connectivity index (χ3n) is 3.89. The molecule has 104 valence electrons. The van der Waals surface area contributed by atoms with Crippen LogP contribution < -0.4 is 15.2 Å². The summed E-state index contributed by atoms with van der Waals surface area (Å²) in [4.78, 5) is 2.31. The number of halogens is 1. The lowest BCUT2D eigenvalue weighted by atomic mass is 10.1. The summed E-state index contributed by atoms with van der Waals surface area (Å²) in [6.45, 7) is 1.79. The standard InChI is InChI=1S/C14H19ClN2O2/c1-17(12(6-16)10-2-3-10)7-9-4-11(15)14-13(5-9)18-8-19-14/h4-5,10,12H,2-3,6-8,16H2,1H3. The van der Waals surface area contributed by atoms with E-state index in [1.54, 1.807) is 0 Å². The van der Waals surface area contributed by atoms with Gasteiger partial charge in [0.25, 0.3) is 0 Å². The van der Waals surface area contributed by atoms with Crippen LogP contribution in [0.2, 0.25) is 5.02 Å². The highest BCUT2D eigenvalue weighted by Crippen LogP contribution is 2.40. The fraction of sp³-hybridized carbons (Fsp3) is 0.571. The molecule has 5 heteroatoms. The van der Waals surface area contributed by atoms with E-state index in [0.29, 0.717) is 23.4 Å². The first-order valence-electron chi connectivity index (χ1n) is 6.67. The molecule has 1 aliphatic heterocycles. The minimum atomic E-state index is 0.252. The number of rotatable bonds is 5. The number of benzene rings is 1. The SMILES string of the molecule is CN(Cc1cc(Cl)c2c(c1)OCO2)C(CN)C1CC1. The zero-order valence-corrected chi connectivity index (χ0v) is 11.8. The van der Waals surface area contributed by atoms with Crippen molar-refractivity contribution in [2.75, 3.05) is 20.4 Å². The first-order chi connectivity index (χ1) is 9.19. The summed E-state index contributed by atoms with van der Waals surface area (Å²) in [5.41, 5.74) is 7.01. The van der Waals surface area contributed by atoms with Gasteiger partial charge in [0, 0.05) is 19.1 Å². The highest BCUT2D eigenvalue weighted by molar-refractivity contribution is 6.32. The molecule has 1 heterocycles. The maximum absolute atomic E-state index is 6.20. The summed E-state index contributed by atoms with van der Waals surface area (Å²) in [5, 5.41) is 0.620. The summed E-state index contributed by atoms with van der Waals surface area (Å²) >= 11 is 6.20. The predicted molar refractivity (Wildman–Crippen MR) is 74.6 cm³/mol. The summed E-state index contributed by atoms with van der Waals surface area (Å²) in [7, 11) is 2.12. The lowest BCUT2D eigenvalue weighted by Crippen LogP contribution is -2.39. The first-order valence-corrected chi connectivity index (χ1v) is 7.05. The zero-order chi connectivity index (χ0) is 13.4. The number of likely N-dealkylation sites (N-methyl/N-ethyl adjacent to an activating group) is 1. The first kappa shape index (κ1) is 13.0. The number of nitrogens with two attached hydrogens (primary N) is 1. The Morgan fingerprint density at radius 1 is 1.42 bits per heavy atom. The van der Waals surface area contributed by atoms with Crippen molar-refractivity contribution in [3.8, 4) is 11.5 Å². The minimum Gasteiger partial charge on any atom is -0.454 e. The quantitative estimate of drug-likeness (QED) is 0.900. The van der Waals surface area contributed by atoms with Gasteiger partial charge < -0.3 is 15.2 Å². The highest BCUT2D eigenvalue weighted by atomic mass is 35.5. The van der Waals surface area contributed by atoms with Crippen LogP contribution in [0.1, 0.15) is 18.4 Å². The lowest BCUT2D eigenvalue weighted by molar-refractivity contribution is 0.174. The van der Waals surface area contributed by atoms with Gasteiger partial charge in [0.15, 0.2) is 11.5 Å². The Labute approximate surface area is 118 Å². The summed E-state index contributed by atoms with van der Waals surface area (Å²) in [6.07, 6.45) is 2.60. The number of nitrogens with zero attached hydrogens (tertiary/aromatic N) is 1. The van der Waals surface area contributed by atoms with Crippen molar-refractivity contribution in [1.82, 2.24) is 4.90 Å². The van der Waals surface area contributed by atoms with E-state index in [4.69, 9.17) is 26.8 Å². The summed E-state index contributed by atoms with van der Waals surface area (Å²) < 4.78 is 10.7. The number of hydrogen-bond donors (Lipinski definition) is 1. The van der Waals surface area contributed by atoms with Crippen LogP contribution in [-0.2, 0) is 6.54 Å². The molecule has 0 spiro atoms. The third kappa shape index (κ3) is 2.66. The second kappa shape index (κ2) is 5.19. The minimum absolute atomic E-state index is 0.252. The molecule has 3 rings (SSSR count). The van der Waals surface area contributed by atoms with E-state index in [-0.39, 0.29) is 6.79 Å². The zero-order valence-electron chi connectivity index (χ0n) is 11.1. The molecule has 1 aromatic carbocycles. The van der Waals surface area contributed by atoms with Gasteiger partial charge in [-0.3, -0.25) is 4.90 Å². The molecule has 0 amide bonds. The lowest BCUT2D eigenvalue weighted by Gasteiger charge is -2.27. The van der Waals surface area contributed by atoms with Gasteiger partial charge in [-0.2, -0.15) is 0 Å². The molecular formula is C14H19ClN2O2. The molecule has 0 aromatic heterocycles. The molecule has 1 fully saturated rings. The van der Waals surface area contributed by atoms with Gasteiger partial charge in [0.2, 0.25) is 6.79 Å². The average molecular weight is 283 g/mol. The van der Waals surface area contributed by atoms with E-state index < -0.39 is 0 Å². The molecule has 2 aliphatic rings. The van der Waals surface area contributed by atoms with Crippen molar-refractivity contribution in [2.24, 2.45) is 11.7 Å². The van der Waals surface area contributed by atoms with E-state index >= 15 is 0 Å². The van der Waals surface area contributed by atoms with Crippen LogP contribution in [0.15, 0.2) is 12.1 Å². The Morgan fingerprint density at radius 3 is 2.89 bits per heavy atom. The molecule has 2 N–H and O–H groups in total.